The average Bonchev–Trinajstić information content (AvgIpc) is 2.48. The van der Waals surface area contributed by atoms with Gasteiger partial charge < -0.3 is 4.42 Å². The van der Waals surface area contributed by atoms with Crippen LogP contribution in [0.15, 0.2) is 28.7 Å². The Morgan fingerprint density at radius 3 is 2.64 bits per heavy atom. The van der Waals surface area contributed by atoms with Crippen LogP contribution in [0.25, 0.3) is 11.0 Å². The van der Waals surface area contributed by atoms with Gasteiger partial charge in [0, 0.05) is 5.39 Å². The Morgan fingerprint density at radius 1 is 1.36 bits per heavy atom. The van der Waals surface area contributed by atoms with E-state index in [4.69, 9.17) is 16.0 Å². The summed E-state index contributed by atoms with van der Waals surface area (Å²) < 4.78 is 30.5. The lowest BCUT2D eigenvalue weighted by atomic mass is 10.2. The molecule has 0 unspecified atom stereocenters. The first-order valence-corrected chi connectivity index (χ1v) is 4.91. The van der Waals surface area contributed by atoms with Gasteiger partial charge in [0.2, 0.25) is 0 Å². The van der Waals surface area contributed by atoms with Crippen LogP contribution in [-0.2, 0) is 4.83 Å². The highest BCUT2D eigenvalue weighted by molar-refractivity contribution is 9.09. The van der Waals surface area contributed by atoms with Crippen LogP contribution in [0.1, 0.15) is 5.76 Å². The summed E-state index contributed by atoms with van der Waals surface area (Å²) in [6.07, 6.45) is 0. The number of fused-ring (bicyclic) bond motifs is 1. The molecule has 0 saturated heterocycles. The maximum absolute atomic E-state index is 12.8. The fourth-order valence-corrected chi connectivity index (χ4v) is 1.58. The van der Waals surface area contributed by atoms with Crippen molar-refractivity contribution in [2.75, 3.05) is 0 Å². The van der Waals surface area contributed by atoms with Crippen molar-refractivity contribution in [2.45, 2.75) is 4.83 Å². The maximum Gasteiger partial charge on any atom is 0.358 e. The number of alkyl halides is 3. The predicted octanol–water partition coefficient (Wildman–Crippen LogP) is 4.53. The normalized spacial score (nSPS) is 12.3. The Hall–Kier alpha value is -0.610. The third-order valence-corrected chi connectivity index (χ3v) is 2.51. The summed E-state index contributed by atoms with van der Waals surface area (Å²) in [5, 5.41) is 0.887. The number of halogens is 4. The molecule has 0 bridgehead atoms. The van der Waals surface area contributed by atoms with E-state index in [0.717, 1.165) is 0 Å². The molecule has 0 N–H and O–H groups in total. The topological polar surface area (TPSA) is 13.1 Å². The van der Waals surface area contributed by atoms with E-state index in [9.17, 15) is 8.78 Å². The molecule has 14 heavy (non-hydrogen) atoms. The lowest BCUT2D eigenvalue weighted by Crippen LogP contribution is -1.98. The van der Waals surface area contributed by atoms with Crippen LogP contribution in [0.5, 0.6) is 0 Å². The summed E-state index contributed by atoms with van der Waals surface area (Å²) in [4.78, 5) is -3.16. The molecule has 1 aromatic heterocycles. The van der Waals surface area contributed by atoms with Gasteiger partial charge >= 0.3 is 4.83 Å². The molecular weight excluding hydrogens is 277 g/mol. The molecule has 0 atom stereocenters. The molecule has 1 aromatic carbocycles. The van der Waals surface area contributed by atoms with Gasteiger partial charge in [-0.05, 0) is 34.1 Å². The van der Waals surface area contributed by atoms with Crippen molar-refractivity contribution in [2.24, 2.45) is 0 Å². The number of rotatable bonds is 1. The van der Waals surface area contributed by atoms with Crippen molar-refractivity contribution in [3.63, 3.8) is 0 Å². The second-order valence-corrected chi connectivity index (χ2v) is 4.16. The molecule has 0 amide bonds. The molecule has 74 valence electrons. The first kappa shape index (κ1) is 9.93. The van der Waals surface area contributed by atoms with Crippen molar-refractivity contribution in [1.82, 2.24) is 0 Å². The number of hydrogen-bond donors (Lipinski definition) is 0. The van der Waals surface area contributed by atoms with Crippen LogP contribution in [0.2, 0.25) is 5.02 Å². The molecule has 2 rings (SSSR count). The van der Waals surface area contributed by atoms with Crippen LogP contribution in [0.3, 0.4) is 0 Å². The summed E-state index contributed by atoms with van der Waals surface area (Å²) in [5.74, 6) is -0.444. The van der Waals surface area contributed by atoms with E-state index >= 15 is 0 Å². The van der Waals surface area contributed by atoms with Crippen LogP contribution in [0.4, 0.5) is 8.78 Å². The highest BCUT2D eigenvalue weighted by Gasteiger charge is 2.31. The molecule has 1 nitrogen and oxygen atoms in total. The van der Waals surface area contributed by atoms with E-state index in [0.29, 0.717) is 16.0 Å². The van der Waals surface area contributed by atoms with Crippen LogP contribution >= 0.6 is 27.5 Å². The number of hydrogen-bond acceptors (Lipinski definition) is 1. The minimum atomic E-state index is -3.16. The first-order valence-electron chi connectivity index (χ1n) is 3.74. The van der Waals surface area contributed by atoms with E-state index < -0.39 is 10.6 Å². The van der Waals surface area contributed by atoms with Crippen molar-refractivity contribution in [3.8, 4) is 0 Å². The van der Waals surface area contributed by atoms with Crippen LogP contribution in [-0.4, -0.2) is 0 Å². The Balaban J connectivity index is 2.69. The molecule has 0 aliphatic rings. The van der Waals surface area contributed by atoms with E-state index in [1.807, 2.05) is 0 Å². The summed E-state index contributed by atoms with van der Waals surface area (Å²) in [6, 6.07) is 6.08. The molecule has 5 heteroatoms. The second-order valence-electron chi connectivity index (χ2n) is 2.76. The Kier molecular flexibility index (Phi) is 2.27. The van der Waals surface area contributed by atoms with Crippen LogP contribution < -0.4 is 0 Å². The highest BCUT2D eigenvalue weighted by Crippen LogP contribution is 2.39. The van der Waals surface area contributed by atoms with E-state index in [-0.39, 0.29) is 0 Å². The van der Waals surface area contributed by atoms with Crippen molar-refractivity contribution in [3.05, 3.63) is 35.0 Å². The standard InChI is InChI=1S/C9H4BrClF2O/c10-9(12,13)8-4-5-6(11)2-1-3-7(5)14-8/h1-4H. The average molecular weight is 281 g/mol. The van der Waals surface area contributed by atoms with E-state index in [1.54, 1.807) is 18.2 Å². The van der Waals surface area contributed by atoms with Gasteiger partial charge in [0.05, 0.1) is 5.02 Å². The van der Waals surface area contributed by atoms with Gasteiger partial charge in [-0.2, -0.15) is 8.78 Å². The lowest BCUT2D eigenvalue weighted by molar-refractivity contribution is 0.0887. The molecular formula is C9H4BrClF2O. The molecule has 0 radical (unpaired) electrons. The Bertz CT molecular complexity index is 475. The summed E-state index contributed by atoms with van der Waals surface area (Å²) in [6.45, 7) is 0. The zero-order valence-corrected chi connectivity index (χ0v) is 9.07. The molecule has 0 aliphatic heterocycles. The number of furan rings is 1. The predicted molar refractivity (Wildman–Crippen MR) is 54.0 cm³/mol. The molecule has 0 aliphatic carbocycles. The minimum absolute atomic E-state index is 0.353. The SMILES string of the molecule is FC(F)(Br)c1cc2c(Cl)cccc2o1. The summed E-state index contributed by atoms with van der Waals surface area (Å²) in [7, 11) is 0. The molecule has 2 aromatic rings. The monoisotopic (exact) mass is 280 g/mol. The lowest BCUT2D eigenvalue weighted by Gasteiger charge is -2.01. The van der Waals surface area contributed by atoms with Gasteiger partial charge in [-0.3, -0.25) is 0 Å². The van der Waals surface area contributed by atoms with Gasteiger partial charge in [0.25, 0.3) is 0 Å². The Labute approximate surface area is 91.8 Å². The van der Waals surface area contributed by atoms with Gasteiger partial charge in [-0.15, -0.1) is 0 Å². The molecule has 1 heterocycles. The minimum Gasteiger partial charge on any atom is -0.454 e. The second kappa shape index (κ2) is 3.21. The number of benzene rings is 1. The molecule has 0 fully saturated rings. The molecule has 0 saturated carbocycles. The van der Waals surface area contributed by atoms with Crippen molar-refractivity contribution < 1.29 is 13.2 Å². The van der Waals surface area contributed by atoms with Gasteiger partial charge in [-0.25, -0.2) is 0 Å². The van der Waals surface area contributed by atoms with Crippen molar-refractivity contribution >= 4 is 38.5 Å². The highest BCUT2D eigenvalue weighted by atomic mass is 79.9. The van der Waals surface area contributed by atoms with Gasteiger partial charge in [0.15, 0.2) is 5.76 Å². The van der Waals surface area contributed by atoms with Crippen LogP contribution in [0, 0.1) is 0 Å². The van der Waals surface area contributed by atoms with E-state index in [1.165, 1.54) is 6.07 Å². The smallest absolute Gasteiger partial charge is 0.358 e. The zero-order chi connectivity index (χ0) is 10.3. The quantitative estimate of drug-likeness (QED) is 0.700. The van der Waals surface area contributed by atoms with Crippen molar-refractivity contribution in [1.29, 1.82) is 0 Å². The van der Waals surface area contributed by atoms with Gasteiger partial charge in [0.1, 0.15) is 5.58 Å². The Morgan fingerprint density at radius 2 is 2.07 bits per heavy atom. The fraction of sp³-hybridized carbons (Fsp3) is 0.111. The first-order chi connectivity index (χ1) is 6.48. The van der Waals surface area contributed by atoms with E-state index in [2.05, 4.69) is 15.9 Å². The summed E-state index contributed by atoms with van der Waals surface area (Å²) >= 11 is 8.02. The zero-order valence-electron chi connectivity index (χ0n) is 6.73. The third kappa shape index (κ3) is 1.64. The largest absolute Gasteiger partial charge is 0.454 e. The maximum atomic E-state index is 12.8. The van der Waals surface area contributed by atoms with Gasteiger partial charge in [-0.1, -0.05) is 17.7 Å². The fourth-order valence-electron chi connectivity index (χ4n) is 1.17. The summed E-state index contributed by atoms with van der Waals surface area (Å²) in [5.41, 5.74) is 0.353. The third-order valence-electron chi connectivity index (χ3n) is 1.79. The molecule has 0 spiro atoms.